The molecule has 7 heteroatoms. The predicted octanol–water partition coefficient (Wildman–Crippen LogP) is 1.81. The highest BCUT2D eigenvalue weighted by Crippen LogP contribution is 2.25. The zero-order valence-electron chi connectivity index (χ0n) is 14.7. The number of hydrogen-bond acceptors (Lipinski definition) is 4. The first-order valence-electron chi connectivity index (χ1n) is 8.50. The molecule has 0 aliphatic rings. The van der Waals surface area contributed by atoms with Crippen molar-refractivity contribution in [3.05, 3.63) is 70.9 Å². The normalized spacial score (nSPS) is 12.5. The van der Waals surface area contributed by atoms with Crippen molar-refractivity contribution < 1.29 is 9.90 Å². The molecule has 0 amide bonds. The molecule has 0 saturated carbocycles. The van der Waals surface area contributed by atoms with Crippen LogP contribution in [0.2, 0.25) is 0 Å². The number of aromatic nitrogens is 3. The van der Waals surface area contributed by atoms with E-state index in [4.69, 9.17) is 10.8 Å². The van der Waals surface area contributed by atoms with Crippen LogP contribution in [0.4, 0.5) is 0 Å². The predicted molar refractivity (Wildman–Crippen MR) is 103 cm³/mol. The van der Waals surface area contributed by atoms with Gasteiger partial charge >= 0.3 is 5.97 Å². The number of pyridine rings is 2. The molecular formula is C20H18N4O3. The summed E-state index contributed by atoms with van der Waals surface area (Å²) >= 11 is 0. The molecule has 0 spiro atoms. The van der Waals surface area contributed by atoms with Crippen LogP contribution in [0, 0.1) is 0 Å². The first-order chi connectivity index (χ1) is 13.0. The van der Waals surface area contributed by atoms with Gasteiger partial charge in [0, 0.05) is 37.1 Å². The Labute approximate surface area is 154 Å². The van der Waals surface area contributed by atoms with Gasteiger partial charge in [0.2, 0.25) is 0 Å². The van der Waals surface area contributed by atoms with E-state index in [1.807, 2.05) is 30.3 Å². The lowest BCUT2D eigenvalue weighted by Crippen LogP contribution is -2.32. The van der Waals surface area contributed by atoms with E-state index >= 15 is 0 Å². The van der Waals surface area contributed by atoms with Crippen LogP contribution >= 0.6 is 0 Å². The smallest absolute Gasteiger partial charge is 0.320 e. The molecule has 1 aromatic carbocycles. The molecule has 0 aliphatic carbocycles. The van der Waals surface area contributed by atoms with E-state index in [0.29, 0.717) is 16.8 Å². The highest BCUT2D eigenvalue weighted by molar-refractivity contribution is 5.87. The first-order valence-corrected chi connectivity index (χ1v) is 8.50. The molecule has 1 unspecified atom stereocenters. The summed E-state index contributed by atoms with van der Waals surface area (Å²) < 4.78 is 3.41. The molecule has 0 aliphatic heterocycles. The van der Waals surface area contributed by atoms with E-state index in [9.17, 15) is 9.59 Å². The van der Waals surface area contributed by atoms with Gasteiger partial charge < -0.3 is 19.8 Å². The highest BCUT2D eigenvalue weighted by atomic mass is 16.4. The van der Waals surface area contributed by atoms with Gasteiger partial charge in [0.15, 0.2) is 0 Å². The Morgan fingerprint density at radius 2 is 2.00 bits per heavy atom. The van der Waals surface area contributed by atoms with Crippen LogP contribution in [0.1, 0.15) is 5.69 Å². The van der Waals surface area contributed by atoms with Crippen molar-refractivity contribution in [3.63, 3.8) is 0 Å². The number of imidazole rings is 1. The summed E-state index contributed by atoms with van der Waals surface area (Å²) in [6.07, 6.45) is 3.53. The molecule has 0 bridgehead atoms. The molecule has 3 heterocycles. The molecule has 27 heavy (non-hydrogen) atoms. The van der Waals surface area contributed by atoms with E-state index in [0.717, 1.165) is 16.6 Å². The second-order valence-corrected chi connectivity index (χ2v) is 6.49. The van der Waals surface area contributed by atoms with E-state index in [1.165, 1.54) is 0 Å². The maximum absolute atomic E-state index is 12.9. The van der Waals surface area contributed by atoms with Gasteiger partial charge in [-0.05, 0) is 29.7 Å². The van der Waals surface area contributed by atoms with Gasteiger partial charge in [-0.15, -0.1) is 0 Å². The quantitative estimate of drug-likeness (QED) is 0.576. The molecule has 0 saturated heterocycles. The molecule has 3 N–H and O–H groups in total. The second kappa shape index (κ2) is 6.37. The number of carboxylic acids is 1. The Balaban J connectivity index is 1.93. The number of carbonyl (C=O) groups is 1. The summed E-state index contributed by atoms with van der Waals surface area (Å²) in [5.74, 6) is -1.06. The minimum Gasteiger partial charge on any atom is -0.480 e. The Morgan fingerprint density at radius 3 is 2.78 bits per heavy atom. The van der Waals surface area contributed by atoms with Crippen LogP contribution < -0.4 is 11.3 Å². The number of aliphatic carboxylic acids is 1. The van der Waals surface area contributed by atoms with E-state index in [1.54, 1.807) is 40.5 Å². The molecule has 4 aromatic rings. The van der Waals surface area contributed by atoms with Crippen molar-refractivity contribution in [2.45, 2.75) is 12.5 Å². The number of rotatable bonds is 4. The van der Waals surface area contributed by atoms with Crippen LogP contribution in [0.25, 0.3) is 27.7 Å². The molecule has 7 nitrogen and oxygen atoms in total. The topological polar surface area (TPSA) is 103 Å². The second-order valence-electron chi connectivity index (χ2n) is 6.49. The van der Waals surface area contributed by atoms with Crippen LogP contribution in [0.15, 0.2) is 59.7 Å². The Kier molecular flexibility index (Phi) is 4.01. The van der Waals surface area contributed by atoms with Gasteiger partial charge in [0.05, 0.1) is 11.1 Å². The summed E-state index contributed by atoms with van der Waals surface area (Å²) in [4.78, 5) is 28.4. The van der Waals surface area contributed by atoms with Crippen LogP contribution in [0.5, 0.6) is 0 Å². The number of benzene rings is 1. The Bertz CT molecular complexity index is 1240. The third-order valence-electron chi connectivity index (χ3n) is 4.80. The van der Waals surface area contributed by atoms with Crippen molar-refractivity contribution in [3.8, 4) is 11.1 Å². The van der Waals surface area contributed by atoms with Gasteiger partial charge in [-0.1, -0.05) is 18.2 Å². The van der Waals surface area contributed by atoms with Gasteiger partial charge in [0.25, 0.3) is 5.56 Å². The third-order valence-corrected chi connectivity index (χ3v) is 4.80. The molecule has 4 rings (SSSR count). The van der Waals surface area contributed by atoms with Crippen molar-refractivity contribution >= 4 is 22.5 Å². The fourth-order valence-electron chi connectivity index (χ4n) is 3.37. The van der Waals surface area contributed by atoms with Gasteiger partial charge in [-0.2, -0.15) is 0 Å². The minimum atomic E-state index is -1.06. The highest BCUT2D eigenvalue weighted by Gasteiger charge is 2.17. The number of nitrogens with zero attached hydrogens (tertiary/aromatic N) is 3. The van der Waals surface area contributed by atoms with Crippen molar-refractivity contribution in [1.82, 2.24) is 14.0 Å². The van der Waals surface area contributed by atoms with Crippen molar-refractivity contribution in [2.24, 2.45) is 12.8 Å². The van der Waals surface area contributed by atoms with Crippen molar-refractivity contribution in [2.75, 3.05) is 0 Å². The molecule has 0 fully saturated rings. The minimum absolute atomic E-state index is 0.117. The van der Waals surface area contributed by atoms with Gasteiger partial charge in [0.1, 0.15) is 11.7 Å². The number of nitrogens with two attached hydrogens (primary N) is 1. The fourth-order valence-corrected chi connectivity index (χ4v) is 3.37. The zero-order chi connectivity index (χ0) is 19.1. The zero-order valence-corrected chi connectivity index (χ0v) is 14.7. The molecule has 1 atom stereocenters. The maximum Gasteiger partial charge on any atom is 0.320 e. The van der Waals surface area contributed by atoms with Crippen LogP contribution in [-0.4, -0.2) is 31.1 Å². The average molecular weight is 362 g/mol. The van der Waals surface area contributed by atoms with Crippen LogP contribution in [0.3, 0.4) is 0 Å². The van der Waals surface area contributed by atoms with E-state index in [-0.39, 0.29) is 12.0 Å². The lowest BCUT2D eigenvalue weighted by Gasteiger charge is -2.13. The maximum atomic E-state index is 12.9. The number of carboxylic acid groups (broad SMARTS) is 1. The first kappa shape index (κ1) is 17.0. The number of fused-ring (bicyclic) bond motifs is 2. The summed E-state index contributed by atoms with van der Waals surface area (Å²) in [6.45, 7) is 0. The molecule has 0 radical (unpaired) electrons. The monoisotopic (exact) mass is 362 g/mol. The number of aryl methyl sites for hydroxylation is 1. The van der Waals surface area contributed by atoms with Gasteiger partial charge in [-0.25, -0.2) is 4.98 Å². The average Bonchev–Trinajstić information content (AvgIpc) is 3.15. The largest absolute Gasteiger partial charge is 0.480 e. The molecule has 136 valence electrons. The van der Waals surface area contributed by atoms with E-state index in [2.05, 4.69) is 4.98 Å². The summed E-state index contributed by atoms with van der Waals surface area (Å²) in [6, 6.07) is 12.1. The summed E-state index contributed by atoms with van der Waals surface area (Å²) in [5, 5.41) is 10.0. The Morgan fingerprint density at radius 1 is 1.22 bits per heavy atom. The Hall–Kier alpha value is -3.45. The van der Waals surface area contributed by atoms with Crippen LogP contribution in [-0.2, 0) is 18.3 Å². The lowest BCUT2D eigenvalue weighted by atomic mass is 10.0. The third kappa shape index (κ3) is 2.78. The van der Waals surface area contributed by atoms with Gasteiger partial charge in [-0.3, -0.25) is 9.59 Å². The standard InChI is InChI=1S/C20H18N4O3/c1-23-17-5-3-2-4-12(17)10-15(19(23)25)14-7-6-13(11-16(21)20(26)27)24-9-8-22-18(14)24/h2-10,16H,11,21H2,1H3,(H,26,27). The molecule has 3 aromatic heterocycles. The van der Waals surface area contributed by atoms with Crippen molar-refractivity contribution in [1.29, 1.82) is 0 Å². The summed E-state index contributed by atoms with van der Waals surface area (Å²) in [5.41, 5.74) is 8.97. The lowest BCUT2D eigenvalue weighted by molar-refractivity contribution is -0.138. The molecular weight excluding hydrogens is 344 g/mol. The SMILES string of the molecule is Cn1c(=O)c(-c2ccc(CC(N)C(=O)O)n3ccnc23)cc2ccccc21. The number of hydrogen-bond donors (Lipinski definition) is 2. The van der Waals surface area contributed by atoms with E-state index < -0.39 is 12.0 Å². The number of para-hydroxylation sites is 1. The fraction of sp³-hybridized carbons (Fsp3) is 0.150. The summed E-state index contributed by atoms with van der Waals surface area (Å²) in [7, 11) is 1.75.